The number of esters is 3. The van der Waals surface area contributed by atoms with Gasteiger partial charge in [0.2, 0.25) is 0 Å². The zero-order valence-corrected chi connectivity index (χ0v) is 52.1. The smallest absolute Gasteiger partial charge is 0.306 e. The standard InChI is InChI=1S/C73H126O6/c1-4-7-10-13-16-19-22-25-28-31-33-35-36-38-39-42-45-48-51-54-57-60-63-66-72(75)78-69-70(68-77-71(74)65-62-59-56-53-50-47-44-41-30-27-24-21-18-15-12-9-6-3)79-73(76)67-64-61-58-55-52-49-46-43-40-37-34-32-29-26-23-20-17-14-11-8-5-2/h8-9,11-12,17-18,20-21,26-27,29-31,33-34,37,70H,4-7,10,13-16,19,22-25,28,32,35-36,38-69H2,1-3H3/b11-8-,12-9-,20-17-,21-18-,29-26-,30-27-,33-31-,37-34-. The topological polar surface area (TPSA) is 78.9 Å². The van der Waals surface area contributed by atoms with Crippen molar-refractivity contribution in [3.8, 4) is 0 Å². The van der Waals surface area contributed by atoms with Crippen LogP contribution in [0.15, 0.2) is 97.2 Å². The van der Waals surface area contributed by atoms with Gasteiger partial charge in [0.1, 0.15) is 13.2 Å². The molecule has 0 aliphatic heterocycles. The van der Waals surface area contributed by atoms with Gasteiger partial charge in [0.05, 0.1) is 0 Å². The summed E-state index contributed by atoms with van der Waals surface area (Å²) >= 11 is 0. The molecular weight excluding hydrogens is 973 g/mol. The SMILES string of the molecule is CC/C=C\C/C=C\C/C=C\C/C=C\CCCCCCCCCCC(=O)OC(COC(=O)CCCCCCCCC/C=C\C/C=C\C/C=C\CC)COC(=O)CCCCCCCCCCCCC/C=C\CCCCCCCCCC. The second kappa shape index (κ2) is 66.8. The fraction of sp³-hybridized carbons (Fsp3) is 0.740. The summed E-state index contributed by atoms with van der Waals surface area (Å²) in [6.07, 6.45) is 89.9. The molecule has 454 valence electrons. The summed E-state index contributed by atoms with van der Waals surface area (Å²) < 4.78 is 17.0. The molecule has 0 aliphatic carbocycles. The monoisotopic (exact) mass is 1100 g/mol. The van der Waals surface area contributed by atoms with Gasteiger partial charge in [0, 0.05) is 19.3 Å². The van der Waals surface area contributed by atoms with E-state index in [2.05, 4.69) is 118 Å². The molecule has 0 heterocycles. The molecule has 0 radical (unpaired) electrons. The van der Waals surface area contributed by atoms with E-state index in [-0.39, 0.29) is 31.1 Å². The number of allylic oxidation sites excluding steroid dienone is 16. The van der Waals surface area contributed by atoms with Crippen LogP contribution in [0.4, 0.5) is 0 Å². The quantitative estimate of drug-likeness (QED) is 0.0261. The van der Waals surface area contributed by atoms with Crippen molar-refractivity contribution in [2.45, 2.75) is 335 Å². The van der Waals surface area contributed by atoms with Gasteiger partial charge >= 0.3 is 17.9 Å². The molecule has 79 heavy (non-hydrogen) atoms. The zero-order chi connectivity index (χ0) is 57.1. The first kappa shape index (κ1) is 75.3. The molecule has 0 rings (SSSR count). The maximum Gasteiger partial charge on any atom is 0.306 e. The van der Waals surface area contributed by atoms with Crippen molar-refractivity contribution in [2.24, 2.45) is 0 Å². The maximum atomic E-state index is 12.9. The van der Waals surface area contributed by atoms with Gasteiger partial charge in [-0.15, -0.1) is 0 Å². The molecule has 0 fully saturated rings. The van der Waals surface area contributed by atoms with Crippen molar-refractivity contribution in [1.29, 1.82) is 0 Å². The summed E-state index contributed by atoms with van der Waals surface area (Å²) in [6, 6.07) is 0. The molecule has 1 atom stereocenters. The van der Waals surface area contributed by atoms with Crippen LogP contribution in [0.25, 0.3) is 0 Å². The minimum atomic E-state index is -0.789. The average Bonchev–Trinajstić information content (AvgIpc) is 3.45. The largest absolute Gasteiger partial charge is 0.462 e. The molecule has 0 spiro atoms. The summed E-state index contributed by atoms with van der Waals surface area (Å²) in [4.78, 5) is 38.4. The molecule has 6 nitrogen and oxygen atoms in total. The van der Waals surface area contributed by atoms with E-state index in [1.165, 1.54) is 173 Å². The molecule has 0 aromatic heterocycles. The third kappa shape index (κ3) is 65.0. The number of hydrogen-bond donors (Lipinski definition) is 0. The highest BCUT2D eigenvalue weighted by Gasteiger charge is 2.19. The van der Waals surface area contributed by atoms with Gasteiger partial charge in [-0.3, -0.25) is 14.4 Å². The number of ether oxygens (including phenoxy) is 3. The highest BCUT2D eigenvalue weighted by molar-refractivity contribution is 5.71. The normalized spacial score (nSPS) is 12.7. The first-order valence-electron chi connectivity index (χ1n) is 33.7. The van der Waals surface area contributed by atoms with Crippen LogP contribution in [0.5, 0.6) is 0 Å². The molecule has 0 saturated carbocycles. The molecule has 0 aromatic carbocycles. The Hall–Kier alpha value is -3.67. The predicted octanol–water partition coefficient (Wildman–Crippen LogP) is 23.2. The van der Waals surface area contributed by atoms with E-state index in [9.17, 15) is 14.4 Å². The summed E-state index contributed by atoms with van der Waals surface area (Å²) in [5, 5.41) is 0. The Morgan fingerprint density at radius 3 is 0.785 bits per heavy atom. The van der Waals surface area contributed by atoms with Crippen LogP contribution in [0.2, 0.25) is 0 Å². The Bertz CT molecular complexity index is 1540. The van der Waals surface area contributed by atoms with Crippen LogP contribution >= 0.6 is 0 Å². The van der Waals surface area contributed by atoms with Crippen molar-refractivity contribution in [1.82, 2.24) is 0 Å². The van der Waals surface area contributed by atoms with E-state index in [0.717, 1.165) is 116 Å². The fourth-order valence-electron chi connectivity index (χ4n) is 9.56. The minimum Gasteiger partial charge on any atom is -0.462 e. The van der Waals surface area contributed by atoms with Crippen LogP contribution < -0.4 is 0 Å². The zero-order valence-electron chi connectivity index (χ0n) is 52.1. The van der Waals surface area contributed by atoms with E-state index in [1.54, 1.807) is 0 Å². The summed E-state index contributed by atoms with van der Waals surface area (Å²) in [6.45, 7) is 6.44. The lowest BCUT2D eigenvalue weighted by atomic mass is 10.0. The van der Waals surface area contributed by atoms with Crippen molar-refractivity contribution in [3.63, 3.8) is 0 Å². The number of carbonyl (C=O) groups is 3. The van der Waals surface area contributed by atoms with E-state index in [1.807, 2.05) is 0 Å². The summed E-state index contributed by atoms with van der Waals surface area (Å²) in [5.41, 5.74) is 0. The van der Waals surface area contributed by atoms with Crippen molar-refractivity contribution < 1.29 is 28.6 Å². The molecule has 1 unspecified atom stereocenters. The van der Waals surface area contributed by atoms with Crippen LogP contribution in [0.3, 0.4) is 0 Å². The lowest BCUT2D eigenvalue weighted by Crippen LogP contribution is -2.30. The van der Waals surface area contributed by atoms with Crippen LogP contribution in [-0.2, 0) is 28.6 Å². The Labute approximate surface area is 489 Å². The summed E-state index contributed by atoms with van der Waals surface area (Å²) in [5.74, 6) is -0.889. The molecule has 0 saturated heterocycles. The third-order valence-corrected chi connectivity index (χ3v) is 14.6. The molecule has 0 amide bonds. The Kier molecular flexibility index (Phi) is 63.7. The number of rotatable bonds is 61. The van der Waals surface area contributed by atoms with Crippen molar-refractivity contribution in [2.75, 3.05) is 13.2 Å². The first-order chi connectivity index (χ1) is 39.0. The number of carbonyl (C=O) groups excluding carboxylic acids is 3. The molecule has 6 heteroatoms. The minimum absolute atomic E-state index is 0.0834. The Balaban J connectivity index is 4.38. The molecular formula is C73H126O6. The molecule has 0 aliphatic rings. The van der Waals surface area contributed by atoms with E-state index < -0.39 is 6.10 Å². The third-order valence-electron chi connectivity index (χ3n) is 14.6. The van der Waals surface area contributed by atoms with Crippen molar-refractivity contribution in [3.05, 3.63) is 97.2 Å². The highest BCUT2D eigenvalue weighted by Crippen LogP contribution is 2.17. The molecule has 0 aromatic rings. The summed E-state index contributed by atoms with van der Waals surface area (Å²) in [7, 11) is 0. The predicted molar refractivity (Wildman–Crippen MR) is 344 cm³/mol. The van der Waals surface area contributed by atoms with Gasteiger partial charge in [-0.25, -0.2) is 0 Å². The number of hydrogen-bond acceptors (Lipinski definition) is 6. The number of unbranched alkanes of at least 4 members (excludes halogenated alkanes) is 34. The highest BCUT2D eigenvalue weighted by atomic mass is 16.6. The second-order valence-corrected chi connectivity index (χ2v) is 22.3. The van der Waals surface area contributed by atoms with Gasteiger partial charge in [-0.05, 0) is 116 Å². The molecule has 0 N–H and O–H groups in total. The Morgan fingerprint density at radius 2 is 0.494 bits per heavy atom. The van der Waals surface area contributed by atoms with Gasteiger partial charge in [-0.2, -0.15) is 0 Å². The van der Waals surface area contributed by atoms with Gasteiger partial charge in [0.25, 0.3) is 0 Å². The van der Waals surface area contributed by atoms with Crippen LogP contribution in [0, 0.1) is 0 Å². The van der Waals surface area contributed by atoms with Gasteiger partial charge in [-0.1, -0.05) is 291 Å². The van der Waals surface area contributed by atoms with E-state index >= 15 is 0 Å². The first-order valence-corrected chi connectivity index (χ1v) is 33.7. The fourth-order valence-corrected chi connectivity index (χ4v) is 9.56. The molecule has 0 bridgehead atoms. The van der Waals surface area contributed by atoms with E-state index in [4.69, 9.17) is 14.2 Å². The second-order valence-electron chi connectivity index (χ2n) is 22.3. The van der Waals surface area contributed by atoms with Gasteiger partial charge in [0.15, 0.2) is 6.10 Å². The van der Waals surface area contributed by atoms with Gasteiger partial charge < -0.3 is 14.2 Å². The lowest BCUT2D eigenvalue weighted by Gasteiger charge is -2.18. The van der Waals surface area contributed by atoms with Crippen LogP contribution in [0.1, 0.15) is 329 Å². The maximum absolute atomic E-state index is 12.9. The average molecular weight is 1100 g/mol. The van der Waals surface area contributed by atoms with E-state index in [0.29, 0.717) is 19.3 Å². The lowest BCUT2D eigenvalue weighted by molar-refractivity contribution is -0.167. The van der Waals surface area contributed by atoms with Crippen molar-refractivity contribution >= 4 is 17.9 Å². The Morgan fingerprint density at radius 1 is 0.266 bits per heavy atom. The van der Waals surface area contributed by atoms with Crippen LogP contribution in [-0.4, -0.2) is 37.2 Å².